The van der Waals surface area contributed by atoms with Gasteiger partial charge in [0.15, 0.2) is 0 Å². The van der Waals surface area contributed by atoms with Gasteiger partial charge in [-0.25, -0.2) is 0 Å². The van der Waals surface area contributed by atoms with Crippen LogP contribution in [-0.2, 0) is 23.8 Å². The van der Waals surface area contributed by atoms with E-state index >= 15 is 0 Å². The lowest BCUT2D eigenvalue weighted by Crippen LogP contribution is -2.67. The summed E-state index contributed by atoms with van der Waals surface area (Å²) in [6.45, 7) is 6.38. The van der Waals surface area contributed by atoms with Crippen LogP contribution in [-0.4, -0.2) is 39.3 Å². The number of rotatable bonds is 5. The molecule has 1 aromatic carbocycles. The number of fused-ring (bicyclic) bond motifs is 3. The lowest BCUT2D eigenvalue weighted by molar-refractivity contribution is -0.247. The van der Waals surface area contributed by atoms with Crippen LogP contribution >= 0.6 is 0 Å². The molecule has 0 radical (unpaired) electrons. The van der Waals surface area contributed by atoms with Gasteiger partial charge in [-0.2, -0.15) is 8.42 Å². The van der Waals surface area contributed by atoms with Crippen molar-refractivity contribution in [2.45, 2.75) is 83.1 Å². The number of aliphatic hydroxyl groups is 1. The first-order valence-electron chi connectivity index (χ1n) is 13.2. The number of methoxy groups -OCH3 is 1. The number of aliphatic hydroxyl groups excluding tert-OH is 1. The van der Waals surface area contributed by atoms with Crippen LogP contribution in [0, 0.1) is 46.8 Å². The summed E-state index contributed by atoms with van der Waals surface area (Å²) in [5, 5.41) is 11.8. The summed E-state index contributed by atoms with van der Waals surface area (Å²) < 4.78 is 36.5. The van der Waals surface area contributed by atoms with Gasteiger partial charge in [-0.1, -0.05) is 31.0 Å². The van der Waals surface area contributed by atoms with E-state index in [2.05, 4.69) is 13.8 Å². The predicted molar refractivity (Wildman–Crippen MR) is 132 cm³/mol. The first-order chi connectivity index (χ1) is 16.5. The van der Waals surface area contributed by atoms with Crippen molar-refractivity contribution < 1.29 is 27.2 Å². The Morgan fingerprint density at radius 2 is 1.74 bits per heavy atom. The number of hydrogen-bond donors (Lipinski definition) is 1. The van der Waals surface area contributed by atoms with Crippen molar-refractivity contribution in [3.63, 3.8) is 0 Å². The molecule has 0 saturated heterocycles. The lowest BCUT2D eigenvalue weighted by Gasteiger charge is -2.69. The van der Waals surface area contributed by atoms with Gasteiger partial charge >= 0.3 is 5.97 Å². The Labute approximate surface area is 209 Å². The van der Waals surface area contributed by atoms with Crippen molar-refractivity contribution in [2.24, 2.45) is 39.9 Å². The van der Waals surface area contributed by atoms with Gasteiger partial charge in [-0.3, -0.25) is 8.98 Å². The standard InChI is InChI=1S/C28H40O6S/c1-18-6-8-20(9-7-18)35(31,32)34-17-21-19-10-14-28(24(21)29)15-11-22-26(2,23(28)16-19)12-5-13-27(22,3)25(30)33-4/h6-9,19,21-24,29H,5,10-17H2,1-4H3/t19-,21-,22+,23+,24-,26-,27-,28+/m1/s1. The Morgan fingerprint density at radius 1 is 1.06 bits per heavy atom. The molecule has 5 aliphatic carbocycles. The highest BCUT2D eigenvalue weighted by molar-refractivity contribution is 7.86. The van der Waals surface area contributed by atoms with Crippen molar-refractivity contribution in [3.05, 3.63) is 29.8 Å². The Balaban J connectivity index is 1.38. The zero-order valence-corrected chi connectivity index (χ0v) is 22.3. The minimum Gasteiger partial charge on any atom is -0.469 e. The average Bonchev–Trinajstić information content (AvgIpc) is 2.83. The van der Waals surface area contributed by atoms with Gasteiger partial charge in [0.2, 0.25) is 0 Å². The number of aryl methyl sites for hydroxylation is 1. The van der Waals surface area contributed by atoms with Crippen LogP contribution in [0.25, 0.3) is 0 Å². The highest BCUT2D eigenvalue weighted by atomic mass is 32.2. The number of esters is 1. The summed E-state index contributed by atoms with van der Waals surface area (Å²) >= 11 is 0. The average molecular weight is 505 g/mol. The van der Waals surface area contributed by atoms with E-state index in [1.54, 1.807) is 24.3 Å². The molecule has 7 heteroatoms. The van der Waals surface area contributed by atoms with Crippen LogP contribution in [0.3, 0.4) is 0 Å². The van der Waals surface area contributed by atoms with Crippen molar-refractivity contribution in [3.8, 4) is 0 Å². The summed E-state index contributed by atoms with van der Waals surface area (Å²) in [6, 6.07) is 6.68. The highest BCUT2D eigenvalue weighted by Crippen LogP contribution is 2.72. The smallest absolute Gasteiger partial charge is 0.311 e. The van der Waals surface area contributed by atoms with E-state index in [-0.39, 0.29) is 46.1 Å². The maximum atomic E-state index is 12.9. The van der Waals surface area contributed by atoms with Gasteiger partial charge in [-0.05, 0) is 94.1 Å². The van der Waals surface area contributed by atoms with Gasteiger partial charge < -0.3 is 9.84 Å². The van der Waals surface area contributed by atoms with Crippen molar-refractivity contribution in [1.29, 1.82) is 0 Å². The van der Waals surface area contributed by atoms with E-state index in [1.807, 2.05) is 6.92 Å². The van der Waals surface area contributed by atoms with Crippen LogP contribution in [0.4, 0.5) is 0 Å². The van der Waals surface area contributed by atoms with Crippen molar-refractivity contribution in [1.82, 2.24) is 0 Å². The zero-order chi connectivity index (χ0) is 25.2. The second kappa shape index (κ2) is 8.56. The second-order valence-electron chi connectivity index (χ2n) is 12.3. The molecule has 5 aliphatic rings. The molecule has 0 amide bonds. The number of benzene rings is 1. The molecule has 5 saturated carbocycles. The summed E-state index contributed by atoms with van der Waals surface area (Å²) in [7, 11) is -2.38. The van der Waals surface area contributed by atoms with Gasteiger partial charge in [0.05, 0.1) is 30.1 Å². The van der Waals surface area contributed by atoms with Gasteiger partial charge in [0.1, 0.15) is 0 Å². The molecule has 6 nitrogen and oxygen atoms in total. The van der Waals surface area contributed by atoms with E-state index < -0.39 is 21.6 Å². The van der Waals surface area contributed by atoms with Crippen molar-refractivity contribution >= 4 is 16.1 Å². The molecule has 5 fully saturated rings. The molecule has 0 heterocycles. The molecule has 194 valence electrons. The number of carbonyl (C=O) groups excluding carboxylic acids is 1. The van der Waals surface area contributed by atoms with Crippen LogP contribution in [0.1, 0.15) is 70.8 Å². The minimum atomic E-state index is -3.87. The fourth-order valence-electron chi connectivity index (χ4n) is 9.12. The third-order valence-electron chi connectivity index (χ3n) is 10.9. The Hall–Kier alpha value is -1.44. The molecule has 35 heavy (non-hydrogen) atoms. The van der Waals surface area contributed by atoms with E-state index in [9.17, 15) is 18.3 Å². The predicted octanol–water partition coefficient (Wildman–Crippen LogP) is 4.87. The third kappa shape index (κ3) is 3.71. The summed E-state index contributed by atoms with van der Waals surface area (Å²) in [4.78, 5) is 13.0. The highest BCUT2D eigenvalue weighted by Gasteiger charge is 2.68. The van der Waals surface area contributed by atoms with Crippen LogP contribution in [0.5, 0.6) is 0 Å². The molecule has 8 atom stereocenters. The number of ether oxygens (including phenoxy) is 1. The quantitative estimate of drug-likeness (QED) is 0.454. The molecule has 0 aliphatic heterocycles. The number of hydrogen-bond acceptors (Lipinski definition) is 6. The summed E-state index contributed by atoms with van der Waals surface area (Å²) in [5.41, 5.74) is 0.258. The Kier molecular flexibility index (Phi) is 6.17. The molecule has 1 aromatic rings. The van der Waals surface area contributed by atoms with Gasteiger partial charge in [-0.15, -0.1) is 0 Å². The normalized spacial score (nSPS) is 42.7. The van der Waals surface area contributed by atoms with Crippen molar-refractivity contribution in [2.75, 3.05) is 13.7 Å². The third-order valence-corrected chi connectivity index (χ3v) is 12.2. The summed E-state index contributed by atoms with van der Waals surface area (Å²) in [6.07, 6.45) is 7.06. The first kappa shape index (κ1) is 25.2. The molecule has 2 bridgehead atoms. The van der Waals surface area contributed by atoms with Gasteiger partial charge in [0.25, 0.3) is 10.1 Å². The monoisotopic (exact) mass is 504 g/mol. The zero-order valence-electron chi connectivity index (χ0n) is 21.5. The van der Waals surface area contributed by atoms with Crippen LogP contribution in [0.15, 0.2) is 29.2 Å². The molecule has 0 aromatic heterocycles. The van der Waals surface area contributed by atoms with E-state index in [1.165, 1.54) is 7.11 Å². The van der Waals surface area contributed by atoms with E-state index in [0.717, 1.165) is 56.9 Å². The maximum absolute atomic E-state index is 12.9. The second-order valence-corrected chi connectivity index (χ2v) is 14.0. The lowest BCUT2D eigenvalue weighted by atomic mass is 9.35. The minimum absolute atomic E-state index is 0.0243. The molecule has 1 N–H and O–H groups in total. The number of carbonyl (C=O) groups is 1. The Bertz CT molecular complexity index is 1080. The van der Waals surface area contributed by atoms with Crippen LogP contribution < -0.4 is 0 Å². The fourth-order valence-corrected chi connectivity index (χ4v) is 10.1. The molecule has 6 rings (SSSR count). The molecular weight excluding hydrogens is 464 g/mol. The van der Waals surface area contributed by atoms with Gasteiger partial charge in [0, 0.05) is 11.3 Å². The fraction of sp³-hybridized carbons (Fsp3) is 0.750. The topological polar surface area (TPSA) is 89.9 Å². The Morgan fingerprint density at radius 3 is 2.43 bits per heavy atom. The summed E-state index contributed by atoms with van der Waals surface area (Å²) in [5.74, 6) is 0.521. The van der Waals surface area contributed by atoms with Crippen LogP contribution in [0.2, 0.25) is 0 Å². The largest absolute Gasteiger partial charge is 0.469 e. The first-order valence-corrected chi connectivity index (χ1v) is 14.6. The SMILES string of the molecule is COC(=O)[C@]1(C)CCC[C@@]2(C)[C@@H]3C[C@H]4CC[C@@]3(CC[C@@H]21)[C@H](O)[C@@H]4COS(=O)(=O)c1ccc(C)cc1. The molecule has 0 unspecified atom stereocenters. The molecular formula is C28H40O6S. The maximum Gasteiger partial charge on any atom is 0.311 e. The van der Waals surface area contributed by atoms with E-state index in [0.29, 0.717) is 5.92 Å². The van der Waals surface area contributed by atoms with E-state index in [4.69, 9.17) is 8.92 Å². The molecule has 1 spiro atoms.